The maximum atomic E-state index is 12.8. The van der Waals surface area contributed by atoms with Crippen LogP contribution in [0.1, 0.15) is 29.8 Å². The third-order valence-corrected chi connectivity index (χ3v) is 6.79. The zero-order valence-corrected chi connectivity index (χ0v) is 18.3. The largest absolute Gasteiger partial charge is 0.397 e. The first-order valence-corrected chi connectivity index (χ1v) is 11.7. The van der Waals surface area contributed by atoms with E-state index >= 15 is 0 Å². The van der Waals surface area contributed by atoms with E-state index < -0.39 is 8.38 Å². The van der Waals surface area contributed by atoms with Crippen molar-refractivity contribution in [2.45, 2.75) is 20.0 Å². The van der Waals surface area contributed by atoms with E-state index in [0.717, 1.165) is 16.0 Å². The average molecular weight is 428 g/mol. The highest BCUT2D eigenvalue weighted by Crippen LogP contribution is 2.42. The molecule has 3 rings (SSSR count). The molecule has 0 aliphatic carbocycles. The van der Waals surface area contributed by atoms with Gasteiger partial charge in [-0.2, -0.15) is 0 Å². The summed E-state index contributed by atoms with van der Waals surface area (Å²) in [4.78, 5) is 14.0. The molecule has 2 aromatic carbocycles. The molecule has 1 heterocycles. The lowest BCUT2D eigenvalue weighted by molar-refractivity contribution is 0.102. The molecule has 29 heavy (non-hydrogen) atoms. The van der Waals surface area contributed by atoms with Gasteiger partial charge >= 0.3 is 0 Å². The Hall–Kier alpha value is -2.24. The first-order chi connectivity index (χ1) is 14.1. The Bertz CT molecular complexity index is 941. The second-order valence-corrected chi connectivity index (χ2v) is 8.71. The normalized spacial score (nSPS) is 11.0. The smallest absolute Gasteiger partial charge is 0.255 e. The SMILES string of the molecule is CCOP(Cc1cccc(C(=O)Nc2cc(-c3cccs3)ccc2N)c1)OCC. The van der Waals surface area contributed by atoms with Crippen molar-refractivity contribution in [2.75, 3.05) is 24.3 Å². The fourth-order valence-electron chi connectivity index (χ4n) is 2.83. The third kappa shape index (κ3) is 5.87. The third-order valence-electron chi connectivity index (χ3n) is 4.15. The minimum absolute atomic E-state index is 0.195. The van der Waals surface area contributed by atoms with E-state index in [1.54, 1.807) is 17.4 Å². The molecule has 0 radical (unpaired) electrons. The van der Waals surface area contributed by atoms with Gasteiger partial charge in [-0.25, -0.2) is 0 Å². The summed E-state index contributed by atoms with van der Waals surface area (Å²) < 4.78 is 11.3. The molecule has 7 heteroatoms. The minimum atomic E-state index is -0.998. The van der Waals surface area contributed by atoms with Crippen molar-refractivity contribution in [1.82, 2.24) is 0 Å². The molecule has 0 atom stereocenters. The molecule has 1 aromatic heterocycles. The monoisotopic (exact) mass is 428 g/mol. The Kier molecular flexibility index (Phi) is 7.78. The van der Waals surface area contributed by atoms with Crippen LogP contribution in [-0.2, 0) is 15.2 Å². The zero-order valence-electron chi connectivity index (χ0n) is 16.6. The molecule has 152 valence electrons. The van der Waals surface area contributed by atoms with Gasteiger partial charge in [-0.3, -0.25) is 4.79 Å². The van der Waals surface area contributed by atoms with Gasteiger partial charge in [0.2, 0.25) is 0 Å². The lowest BCUT2D eigenvalue weighted by atomic mass is 10.1. The Morgan fingerprint density at radius 3 is 2.55 bits per heavy atom. The van der Waals surface area contributed by atoms with E-state index in [1.807, 2.05) is 67.8 Å². The molecule has 0 saturated heterocycles. The molecule has 0 unspecified atom stereocenters. The number of hydrogen-bond acceptors (Lipinski definition) is 5. The lowest BCUT2D eigenvalue weighted by Gasteiger charge is -2.16. The quantitative estimate of drug-likeness (QED) is 0.317. The van der Waals surface area contributed by atoms with Crippen molar-refractivity contribution in [1.29, 1.82) is 0 Å². The first-order valence-electron chi connectivity index (χ1n) is 9.47. The lowest BCUT2D eigenvalue weighted by Crippen LogP contribution is -2.13. The van der Waals surface area contributed by atoms with E-state index in [4.69, 9.17) is 14.8 Å². The average Bonchev–Trinajstić information content (AvgIpc) is 3.25. The highest BCUT2D eigenvalue weighted by Gasteiger charge is 2.14. The van der Waals surface area contributed by atoms with Crippen LogP contribution >= 0.6 is 19.7 Å². The molecule has 0 aliphatic heterocycles. The summed E-state index contributed by atoms with van der Waals surface area (Å²) >= 11 is 1.65. The molecule has 3 N–H and O–H groups in total. The predicted octanol–water partition coefficient (Wildman–Crippen LogP) is 6.13. The topological polar surface area (TPSA) is 73.6 Å². The second kappa shape index (κ2) is 10.5. The number of hydrogen-bond donors (Lipinski definition) is 2. The molecule has 1 amide bonds. The number of nitrogens with two attached hydrogens (primary N) is 1. The van der Waals surface area contributed by atoms with Crippen LogP contribution in [0.3, 0.4) is 0 Å². The standard InChI is InChI=1S/C22H25N2O3PS/c1-3-26-28(27-4-2)15-16-7-5-8-18(13-16)22(25)24-20-14-17(10-11-19(20)23)21-9-6-12-29-21/h5-14H,3-4,15,23H2,1-2H3,(H,24,25). The highest BCUT2D eigenvalue weighted by atomic mass is 32.1. The van der Waals surface area contributed by atoms with Gasteiger partial charge in [0.05, 0.1) is 24.6 Å². The van der Waals surface area contributed by atoms with E-state index in [-0.39, 0.29) is 5.91 Å². The van der Waals surface area contributed by atoms with Crippen LogP contribution in [0.4, 0.5) is 11.4 Å². The van der Waals surface area contributed by atoms with Crippen LogP contribution in [0.25, 0.3) is 10.4 Å². The summed E-state index contributed by atoms with van der Waals surface area (Å²) in [6, 6.07) is 17.3. The van der Waals surface area contributed by atoms with Crippen LogP contribution in [0.15, 0.2) is 60.0 Å². The van der Waals surface area contributed by atoms with Crippen molar-refractivity contribution in [2.24, 2.45) is 0 Å². The number of nitrogen functional groups attached to an aromatic ring is 1. The van der Waals surface area contributed by atoms with Crippen molar-refractivity contribution in [3.63, 3.8) is 0 Å². The zero-order chi connectivity index (χ0) is 20.6. The number of carbonyl (C=O) groups is 1. The molecule has 0 saturated carbocycles. The fourth-order valence-corrected chi connectivity index (χ4v) is 4.88. The van der Waals surface area contributed by atoms with Crippen molar-refractivity contribution in [3.05, 3.63) is 71.1 Å². The predicted molar refractivity (Wildman–Crippen MR) is 122 cm³/mol. The summed E-state index contributed by atoms with van der Waals surface area (Å²) in [5, 5.41) is 4.97. The summed E-state index contributed by atoms with van der Waals surface area (Å²) in [7, 11) is -0.998. The van der Waals surface area contributed by atoms with Gasteiger partial charge in [-0.1, -0.05) is 24.3 Å². The summed E-state index contributed by atoms with van der Waals surface area (Å²) in [6.07, 6.45) is 0.647. The van der Waals surface area contributed by atoms with E-state index in [2.05, 4.69) is 5.32 Å². The second-order valence-electron chi connectivity index (χ2n) is 6.26. The summed E-state index contributed by atoms with van der Waals surface area (Å²) in [5.41, 5.74) is 9.84. The van der Waals surface area contributed by atoms with Gasteiger partial charge in [-0.15, -0.1) is 11.3 Å². The molecule has 0 spiro atoms. The molecule has 0 aliphatic rings. The number of amides is 1. The van der Waals surface area contributed by atoms with E-state index in [9.17, 15) is 4.79 Å². The maximum absolute atomic E-state index is 12.8. The number of rotatable bonds is 9. The van der Waals surface area contributed by atoms with Crippen molar-refractivity contribution < 1.29 is 13.8 Å². The minimum Gasteiger partial charge on any atom is -0.397 e. The molecular formula is C22H25N2O3PS. The van der Waals surface area contributed by atoms with E-state index in [0.29, 0.717) is 36.3 Å². The van der Waals surface area contributed by atoms with Gasteiger partial charge in [0.25, 0.3) is 5.91 Å². The van der Waals surface area contributed by atoms with Crippen molar-refractivity contribution in [3.8, 4) is 10.4 Å². The first kappa shape index (κ1) is 21.5. The number of nitrogens with one attached hydrogen (secondary N) is 1. The van der Waals surface area contributed by atoms with E-state index in [1.165, 1.54) is 0 Å². The highest BCUT2D eigenvalue weighted by molar-refractivity contribution is 7.46. The number of carbonyl (C=O) groups excluding carboxylic acids is 1. The Morgan fingerprint density at radius 2 is 1.86 bits per heavy atom. The van der Waals surface area contributed by atoms with Crippen molar-refractivity contribution >= 4 is 37.0 Å². The van der Waals surface area contributed by atoms with Gasteiger partial charge in [-0.05, 0) is 60.7 Å². The van der Waals surface area contributed by atoms with Crippen LogP contribution in [0.2, 0.25) is 0 Å². The molecule has 0 bridgehead atoms. The number of benzene rings is 2. The Balaban J connectivity index is 1.75. The van der Waals surface area contributed by atoms with Crippen LogP contribution in [0.5, 0.6) is 0 Å². The van der Waals surface area contributed by atoms with Crippen LogP contribution in [-0.4, -0.2) is 19.1 Å². The molecule has 3 aromatic rings. The van der Waals surface area contributed by atoms with Gasteiger partial charge in [0.15, 0.2) is 8.38 Å². The van der Waals surface area contributed by atoms with Gasteiger partial charge < -0.3 is 20.1 Å². The number of thiophene rings is 1. The summed E-state index contributed by atoms with van der Waals surface area (Å²) in [5.74, 6) is -0.195. The fraction of sp³-hybridized carbons (Fsp3) is 0.227. The van der Waals surface area contributed by atoms with Gasteiger partial charge in [0.1, 0.15) is 0 Å². The Labute approximate surface area is 176 Å². The van der Waals surface area contributed by atoms with Gasteiger partial charge in [0, 0.05) is 16.6 Å². The summed E-state index contributed by atoms with van der Waals surface area (Å²) in [6.45, 7) is 5.11. The Morgan fingerprint density at radius 1 is 1.07 bits per heavy atom. The number of anilines is 2. The molecular weight excluding hydrogens is 403 g/mol. The maximum Gasteiger partial charge on any atom is 0.255 e. The van der Waals surface area contributed by atoms with Crippen LogP contribution < -0.4 is 11.1 Å². The molecule has 5 nitrogen and oxygen atoms in total. The molecule has 0 fully saturated rings. The van der Waals surface area contributed by atoms with Crippen LogP contribution in [0, 0.1) is 0 Å².